The Morgan fingerprint density at radius 1 is 1.30 bits per heavy atom. The first-order valence-corrected chi connectivity index (χ1v) is 7.67. The zero-order chi connectivity index (χ0) is 16.4. The fourth-order valence-electron chi connectivity index (χ4n) is 2.07. The quantitative estimate of drug-likeness (QED) is 0.415. The van der Waals surface area contributed by atoms with Crippen molar-refractivity contribution in [2.75, 3.05) is 7.11 Å². The van der Waals surface area contributed by atoms with Crippen LogP contribution in [0.3, 0.4) is 0 Å². The van der Waals surface area contributed by atoms with E-state index < -0.39 is 5.25 Å². The first kappa shape index (κ1) is 15.4. The van der Waals surface area contributed by atoms with Crippen LogP contribution >= 0.6 is 11.8 Å². The highest BCUT2D eigenvalue weighted by Crippen LogP contribution is 2.29. The first-order valence-electron chi connectivity index (χ1n) is 6.79. The van der Waals surface area contributed by atoms with Crippen LogP contribution in [-0.4, -0.2) is 38.1 Å². The Kier molecular flexibility index (Phi) is 4.24. The Bertz CT molecular complexity index is 850. The molecule has 2 aromatic heterocycles. The van der Waals surface area contributed by atoms with Gasteiger partial charge in [0.15, 0.2) is 5.65 Å². The number of thioether (sulfide) groups is 1. The van der Waals surface area contributed by atoms with Crippen LogP contribution in [-0.2, 0) is 9.53 Å². The summed E-state index contributed by atoms with van der Waals surface area (Å²) in [5.74, 6) is -0.643. The van der Waals surface area contributed by atoms with Gasteiger partial charge in [-0.25, -0.2) is 19.0 Å². The lowest BCUT2D eigenvalue weighted by Gasteiger charge is -2.08. The molecule has 0 aliphatic heterocycles. The average molecular weight is 332 g/mol. The second kappa shape index (κ2) is 6.33. The minimum absolute atomic E-state index is 0.317. The SMILES string of the molecule is COC(=O)C(C)Sc1ncnc2c1cnn2-c1ccc(F)cc1. The van der Waals surface area contributed by atoms with Gasteiger partial charge >= 0.3 is 5.97 Å². The minimum Gasteiger partial charge on any atom is -0.468 e. The Labute approximate surface area is 135 Å². The van der Waals surface area contributed by atoms with E-state index in [4.69, 9.17) is 4.74 Å². The van der Waals surface area contributed by atoms with Crippen LogP contribution in [0.25, 0.3) is 16.7 Å². The van der Waals surface area contributed by atoms with E-state index in [1.54, 1.807) is 29.9 Å². The number of esters is 1. The summed E-state index contributed by atoms with van der Waals surface area (Å²) in [5.41, 5.74) is 1.28. The summed E-state index contributed by atoms with van der Waals surface area (Å²) >= 11 is 1.28. The second-order valence-corrected chi connectivity index (χ2v) is 6.06. The largest absolute Gasteiger partial charge is 0.468 e. The van der Waals surface area contributed by atoms with Crippen LogP contribution in [0.4, 0.5) is 4.39 Å². The summed E-state index contributed by atoms with van der Waals surface area (Å²) in [5, 5.41) is 5.25. The van der Waals surface area contributed by atoms with Crippen molar-refractivity contribution < 1.29 is 13.9 Å². The third kappa shape index (κ3) is 3.02. The van der Waals surface area contributed by atoms with Crippen LogP contribution in [0.5, 0.6) is 0 Å². The van der Waals surface area contributed by atoms with E-state index in [0.717, 1.165) is 5.39 Å². The van der Waals surface area contributed by atoms with Gasteiger partial charge in [0.2, 0.25) is 0 Å². The van der Waals surface area contributed by atoms with Crippen LogP contribution in [0.1, 0.15) is 6.92 Å². The number of methoxy groups -OCH3 is 1. The lowest BCUT2D eigenvalue weighted by molar-refractivity contribution is -0.139. The fourth-order valence-corrected chi connectivity index (χ4v) is 2.98. The molecule has 0 aliphatic carbocycles. The molecule has 0 saturated heterocycles. The molecule has 1 unspecified atom stereocenters. The van der Waals surface area contributed by atoms with E-state index in [9.17, 15) is 9.18 Å². The molecule has 2 heterocycles. The van der Waals surface area contributed by atoms with Gasteiger partial charge in [-0.05, 0) is 31.2 Å². The number of carbonyl (C=O) groups excluding carboxylic acids is 1. The van der Waals surface area contributed by atoms with Crippen molar-refractivity contribution in [1.29, 1.82) is 0 Å². The molecule has 6 nitrogen and oxygen atoms in total. The number of ether oxygens (including phenoxy) is 1. The van der Waals surface area contributed by atoms with E-state index >= 15 is 0 Å². The number of aromatic nitrogens is 4. The lowest BCUT2D eigenvalue weighted by atomic mass is 10.3. The van der Waals surface area contributed by atoms with Crippen molar-refractivity contribution in [1.82, 2.24) is 19.7 Å². The van der Waals surface area contributed by atoms with E-state index in [1.807, 2.05) is 0 Å². The molecule has 0 bridgehead atoms. The van der Waals surface area contributed by atoms with E-state index in [2.05, 4.69) is 15.1 Å². The van der Waals surface area contributed by atoms with Crippen LogP contribution in [0, 0.1) is 5.82 Å². The van der Waals surface area contributed by atoms with Gasteiger partial charge in [-0.1, -0.05) is 11.8 Å². The molecule has 118 valence electrons. The monoisotopic (exact) mass is 332 g/mol. The summed E-state index contributed by atoms with van der Waals surface area (Å²) in [6, 6.07) is 5.96. The highest BCUT2D eigenvalue weighted by atomic mass is 32.2. The van der Waals surface area contributed by atoms with Gasteiger partial charge in [0.1, 0.15) is 22.4 Å². The summed E-state index contributed by atoms with van der Waals surface area (Å²) < 4.78 is 19.4. The molecule has 23 heavy (non-hydrogen) atoms. The molecule has 0 aliphatic rings. The zero-order valence-electron chi connectivity index (χ0n) is 12.4. The van der Waals surface area contributed by atoms with Gasteiger partial charge in [0, 0.05) is 0 Å². The van der Waals surface area contributed by atoms with Gasteiger partial charge in [-0.15, -0.1) is 0 Å². The maximum absolute atomic E-state index is 13.1. The molecular weight excluding hydrogens is 319 g/mol. The first-order chi connectivity index (χ1) is 11.1. The summed E-state index contributed by atoms with van der Waals surface area (Å²) in [7, 11) is 1.35. The number of benzene rings is 1. The van der Waals surface area contributed by atoms with E-state index in [0.29, 0.717) is 16.4 Å². The number of halogens is 1. The summed E-state index contributed by atoms with van der Waals surface area (Å²) in [6.45, 7) is 1.74. The molecule has 8 heteroatoms. The normalized spacial score (nSPS) is 12.3. The number of nitrogens with zero attached hydrogens (tertiary/aromatic N) is 4. The van der Waals surface area contributed by atoms with Crippen molar-refractivity contribution in [2.45, 2.75) is 17.2 Å². The van der Waals surface area contributed by atoms with Crippen molar-refractivity contribution in [3.8, 4) is 5.69 Å². The molecule has 1 atom stereocenters. The van der Waals surface area contributed by atoms with Gasteiger partial charge in [-0.2, -0.15) is 5.10 Å². The molecule has 0 saturated carbocycles. The minimum atomic E-state index is -0.396. The number of carbonyl (C=O) groups is 1. The standard InChI is InChI=1S/C15H13FN4O2S/c1-9(15(21)22-2)23-14-12-7-19-20(13(12)17-8-18-14)11-5-3-10(16)4-6-11/h3-9H,1-2H3. The molecule has 0 amide bonds. The number of fused-ring (bicyclic) bond motifs is 1. The zero-order valence-corrected chi connectivity index (χ0v) is 13.2. The molecule has 0 fully saturated rings. The third-order valence-electron chi connectivity index (χ3n) is 3.22. The fraction of sp³-hybridized carbons (Fsp3) is 0.200. The summed E-state index contributed by atoms with van der Waals surface area (Å²) in [6.07, 6.45) is 3.04. The van der Waals surface area contributed by atoms with Gasteiger partial charge in [0.25, 0.3) is 0 Å². The smallest absolute Gasteiger partial charge is 0.318 e. The van der Waals surface area contributed by atoms with Crippen LogP contribution in [0.2, 0.25) is 0 Å². The van der Waals surface area contributed by atoms with Crippen molar-refractivity contribution in [3.63, 3.8) is 0 Å². The van der Waals surface area contributed by atoms with Crippen molar-refractivity contribution in [2.24, 2.45) is 0 Å². The third-order valence-corrected chi connectivity index (χ3v) is 4.32. The Hall–Kier alpha value is -2.48. The maximum atomic E-state index is 13.1. The lowest BCUT2D eigenvalue weighted by Crippen LogP contribution is -2.14. The average Bonchev–Trinajstić information content (AvgIpc) is 3.00. The Morgan fingerprint density at radius 3 is 2.74 bits per heavy atom. The van der Waals surface area contributed by atoms with E-state index in [-0.39, 0.29) is 11.8 Å². The topological polar surface area (TPSA) is 69.9 Å². The predicted octanol–water partition coefficient (Wildman–Crippen LogP) is 2.61. The van der Waals surface area contributed by atoms with Crippen molar-refractivity contribution >= 4 is 28.8 Å². The van der Waals surface area contributed by atoms with Gasteiger partial charge in [0.05, 0.1) is 24.4 Å². The maximum Gasteiger partial charge on any atom is 0.318 e. The molecule has 3 aromatic rings. The van der Waals surface area contributed by atoms with Crippen LogP contribution < -0.4 is 0 Å². The van der Waals surface area contributed by atoms with E-state index in [1.165, 1.54) is 37.3 Å². The molecule has 0 spiro atoms. The molecule has 1 aromatic carbocycles. The second-order valence-electron chi connectivity index (χ2n) is 4.73. The highest BCUT2D eigenvalue weighted by molar-refractivity contribution is 8.00. The number of rotatable bonds is 4. The van der Waals surface area contributed by atoms with Gasteiger partial charge < -0.3 is 4.74 Å². The molecule has 3 rings (SSSR count). The Morgan fingerprint density at radius 2 is 2.04 bits per heavy atom. The molecule has 0 radical (unpaired) electrons. The Balaban J connectivity index is 2.00. The number of hydrogen-bond acceptors (Lipinski definition) is 6. The highest BCUT2D eigenvalue weighted by Gasteiger charge is 2.19. The number of hydrogen-bond donors (Lipinski definition) is 0. The summed E-state index contributed by atoms with van der Waals surface area (Å²) in [4.78, 5) is 20.0. The molecular formula is C15H13FN4O2S. The van der Waals surface area contributed by atoms with Gasteiger partial charge in [-0.3, -0.25) is 4.79 Å². The molecule has 0 N–H and O–H groups in total. The van der Waals surface area contributed by atoms with Crippen LogP contribution in [0.15, 0.2) is 41.8 Å². The van der Waals surface area contributed by atoms with Crippen molar-refractivity contribution in [3.05, 3.63) is 42.6 Å². The predicted molar refractivity (Wildman–Crippen MR) is 84.0 cm³/mol.